The number of carbonyl (C=O) groups is 2. The Hall–Kier alpha value is -2.43. The average Bonchev–Trinajstić information content (AvgIpc) is 2.53. The summed E-state index contributed by atoms with van der Waals surface area (Å²) in [7, 11) is 0. The van der Waals surface area contributed by atoms with Gasteiger partial charge in [0, 0.05) is 17.1 Å². The molecule has 1 aromatic carbocycles. The van der Waals surface area contributed by atoms with E-state index in [-0.39, 0.29) is 12.3 Å². The van der Waals surface area contributed by atoms with Crippen LogP contribution in [-0.4, -0.2) is 27.5 Å². The molecule has 5 heteroatoms. The zero-order chi connectivity index (χ0) is 16.2. The van der Waals surface area contributed by atoms with Gasteiger partial charge < -0.3 is 10.4 Å². The normalized spacial score (nSPS) is 11.4. The molecule has 0 saturated heterocycles. The van der Waals surface area contributed by atoms with Crippen LogP contribution in [0.25, 0.3) is 10.9 Å². The van der Waals surface area contributed by atoms with Crippen molar-refractivity contribution in [2.45, 2.75) is 38.6 Å². The minimum atomic E-state index is -0.910. The van der Waals surface area contributed by atoms with Gasteiger partial charge in [0.25, 0.3) is 5.91 Å². The van der Waals surface area contributed by atoms with E-state index in [0.29, 0.717) is 18.4 Å². The fourth-order valence-corrected chi connectivity index (χ4v) is 2.54. The van der Waals surface area contributed by atoms with Gasteiger partial charge in [-0.3, -0.25) is 14.6 Å². The molecule has 2 aromatic rings. The van der Waals surface area contributed by atoms with Crippen LogP contribution in [0, 0.1) is 0 Å². The number of rotatable bonds is 6. The smallest absolute Gasteiger partial charge is 0.305 e. The van der Waals surface area contributed by atoms with Crippen molar-refractivity contribution < 1.29 is 14.7 Å². The van der Waals surface area contributed by atoms with Gasteiger partial charge in [-0.25, -0.2) is 0 Å². The van der Waals surface area contributed by atoms with Crippen LogP contribution in [0.1, 0.15) is 43.5 Å². The average molecular weight is 300 g/mol. The molecular formula is C17H20N2O3. The maximum Gasteiger partial charge on any atom is 0.305 e. The molecule has 0 aliphatic carbocycles. The van der Waals surface area contributed by atoms with Crippen molar-refractivity contribution >= 4 is 22.8 Å². The fraction of sp³-hybridized carbons (Fsp3) is 0.353. The van der Waals surface area contributed by atoms with Crippen LogP contribution in [0.5, 0.6) is 0 Å². The number of aromatic nitrogens is 1. The number of aliphatic carboxylic acids is 1. The number of nitrogens with one attached hydrogen (secondary N) is 1. The Bertz CT molecular complexity index is 693. The quantitative estimate of drug-likeness (QED) is 0.859. The van der Waals surface area contributed by atoms with Crippen LogP contribution < -0.4 is 5.32 Å². The summed E-state index contributed by atoms with van der Waals surface area (Å²) < 4.78 is 0. The molecule has 0 fully saturated rings. The first-order valence-electron chi connectivity index (χ1n) is 7.39. The molecule has 2 rings (SSSR count). The number of carboxylic acids is 1. The zero-order valence-corrected chi connectivity index (χ0v) is 12.8. The molecule has 0 spiro atoms. The number of benzene rings is 1. The second kappa shape index (κ2) is 6.56. The first-order chi connectivity index (χ1) is 10.5. The molecule has 0 unspecified atom stereocenters. The third kappa shape index (κ3) is 3.42. The number of nitrogens with zero attached hydrogens (tertiary/aromatic N) is 1. The molecule has 1 heterocycles. The van der Waals surface area contributed by atoms with E-state index < -0.39 is 11.5 Å². The fourth-order valence-electron chi connectivity index (χ4n) is 2.54. The Labute approximate surface area is 129 Å². The lowest BCUT2D eigenvalue weighted by atomic mass is 9.88. The highest BCUT2D eigenvalue weighted by molar-refractivity contribution is 5.98. The number of pyridine rings is 1. The van der Waals surface area contributed by atoms with Crippen LogP contribution in [0.2, 0.25) is 0 Å². The van der Waals surface area contributed by atoms with Crippen LogP contribution in [0.4, 0.5) is 0 Å². The molecule has 0 bridgehead atoms. The molecular weight excluding hydrogens is 280 g/mol. The Morgan fingerprint density at radius 3 is 2.59 bits per heavy atom. The van der Waals surface area contributed by atoms with Gasteiger partial charge in [-0.05, 0) is 37.1 Å². The predicted molar refractivity (Wildman–Crippen MR) is 84.8 cm³/mol. The predicted octanol–water partition coefficient (Wildman–Crippen LogP) is 3.00. The highest BCUT2D eigenvalue weighted by Crippen LogP contribution is 2.21. The molecule has 0 aliphatic heterocycles. The van der Waals surface area contributed by atoms with E-state index in [0.717, 1.165) is 10.9 Å². The lowest BCUT2D eigenvalue weighted by molar-refractivity contribution is -0.138. The van der Waals surface area contributed by atoms with Gasteiger partial charge in [0.2, 0.25) is 0 Å². The van der Waals surface area contributed by atoms with Crippen molar-refractivity contribution in [3.63, 3.8) is 0 Å². The number of hydrogen-bond donors (Lipinski definition) is 2. The van der Waals surface area contributed by atoms with Crippen LogP contribution in [0.15, 0.2) is 36.5 Å². The second-order valence-electron chi connectivity index (χ2n) is 5.42. The number of fused-ring (bicyclic) bond motifs is 1. The van der Waals surface area contributed by atoms with Gasteiger partial charge >= 0.3 is 5.97 Å². The van der Waals surface area contributed by atoms with E-state index in [1.54, 1.807) is 24.4 Å². The van der Waals surface area contributed by atoms with E-state index in [1.165, 1.54) is 0 Å². The first kappa shape index (κ1) is 15.9. The molecule has 0 radical (unpaired) electrons. The third-order valence-electron chi connectivity index (χ3n) is 4.09. The Kier molecular flexibility index (Phi) is 4.75. The summed E-state index contributed by atoms with van der Waals surface area (Å²) in [6, 6.07) is 8.98. The molecule has 1 amide bonds. The van der Waals surface area contributed by atoms with Crippen LogP contribution in [0.3, 0.4) is 0 Å². The second-order valence-corrected chi connectivity index (χ2v) is 5.42. The first-order valence-corrected chi connectivity index (χ1v) is 7.39. The third-order valence-corrected chi connectivity index (χ3v) is 4.09. The summed E-state index contributed by atoms with van der Waals surface area (Å²) in [5.74, 6) is -1.16. The minimum Gasteiger partial charge on any atom is -0.481 e. The van der Waals surface area contributed by atoms with Crippen molar-refractivity contribution in [3.8, 4) is 0 Å². The van der Waals surface area contributed by atoms with E-state index in [2.05, 4.69) is 10.3 Å². The van der Waals surface area contributed by atoms with Gasteiger partial charge in [-0.2, -0.15) is 0 Å². The highest BCUT2D eigenvalue weighted by Gasteiger charge is 2.31. The SMILES string of the molecule is CCC(CC)(CC(=O)O)NC(=O)c1ccc2ncccc2c1. The van der Waals surface area contributed by atoms with Crippen molar-refractivity contribution in [1.29, 1.82) is 0 Å². The van der Waals surface area contributed by atoms with E-state index in [9.17, 15) is 9.59 Å². The maximum atomic E-state index is 12.5. The Balaban J connectivity index is 2.26. The van der Waals surface area contributed by atoms with Gasteiger partial charge in [0.05, 0.1) is 17.5 Å². The van der Waals surface area contributed by atoms with Crippen molar-refractivity contribution in [2.75, 3.05) is 0 Å². The number of amides is 1. The van der Waals surface area contributed by atoms with Crippen LogP contribution >= 0.6 is 0 Å². The maximum absolute atomic E-state index is 12.5. The molecule has 2 N–H and O–H groups in total. The summed E-state index contributed by atoms with van der Waals surface area (Å²) in [6.45, 7) is 3.77. The minimum absolute atomic E-state index is 0.0825. The zero-order valence-electron chi connectivity index (χ0n) is 12.8. The Morgan fingerprint density at radius 2 is 1.95 bits per heavy atom. The van der Waals surface area contributed by atoms with Crippen molar-refractivity contribution in [3.05, 3.63) is 42.1 Å². The van der Waals surface area contributed by atoms with E-state index in [4.69, 9.17) is 5.11 Å². The summed E-state index contributed by atoms with van der Waals surface area (Å²) in [5.41, 5.74) is 0.617. The molecule has 5 nitrogen and oxygen atoms in total. The highest BCUT2D eigenvalue weighted by atomic mass is 16.4. The largest absolute Gasteiger partial charge is 0.481 e. The van der Waals surface area contributed by atoms with Gasteiger partial charge in [0.15, 0.2) is 0 Å². The summed E-state index contributed by atoms with van der Waals surface area (Å²) in [6.07, 6.45) is 2.75. The summed E-state index contributed by atoms with van der Waals surface area (Å²) in [4.78, 5) is 27.8. The van der Waals surface area contributed by atoms with E-state index in [1.807, 2.05) is 26.0 Å². The number of carbonyl (C=O) groups excluding carboxylic acids is 1. The van der Waals surface area contributed by atoms with Crippen molar-refractivity contribution in [1.82, 2.24) is 10.3 Å². The Morgan fingerprint density at radius 1 is 1.23 bits per heavy atom. The standard InChI is InChI=1S/C17H20N2O3/c1-3-17(4-2,11-15(20)21)19-16(22)13-7-8-14-12(10-13)6-5-9-18-14/h5-10H,3-4,11H2,1-2H3,(H,19,22)(H,20,21). The van der Waals surface area contributed by atoms with Crippen LogP contribution in [-0.2, 0) is 4.79 Å². The monoisotopic (exact) mass is 300 g/mol. The van der Waals surface area contributed by atoms with Gasteiger partial charge in [0.1, 0.15) is 0 Å². The van der Waals surface area contributed by atoms with E-state index >= 15 is 0 Å². The summed E-state index contributed by atoms with van der Waals surface area (Å²) in [5, 5.41) is 12.9. The molecule has 116 valence electrons. The topological polar surface area (TPSA) is 79.3 Å². The molecule has 22 heavy (non-hydrogen) atoms. The van der Waals surface area contributed by atoms with Gasteiger partial charge in [-0.1, -0.05) is 19.9 Å². The lowest BCUT2D eigenvalue weighted by Crippen LogP contribution is -2.49. The summed E-state index contributed by atoms with van der Waals surface area (Å²) >= 11 is 0. The number of hydrogen-bond acceptors (Lipinski definition) is 3. The lowest BCUT2D eigenvalue weighted by Gasteiger charge is -2.31. The molecule has 0 atom stereocenters. The molecule has 0 saturated carbocycles. The van der Waals surface area contributed by atoms with Gasteiger partial charge in [-0.15, -0.1) is 0 Å². The number of carboxylic acid groups (broad SMARTS) is 1. The molecule has 0 aliphatic rings. The van der Waals surface area contributed by atoms with Crippen molar-refractivity contribution in [2.24, 2.45) is 0 Å². The molecule has 1 aromatic heterocycles.